The van der Waals surface area contributed by atoms with Crippen LogP contribution >= 0.6 is 28.1 Å². The van der Waals surface area contributed by atoms with Crippen LogP contribution in [0.5, 0.6) is 0 Å². The Labute approximate surface area is 133 Å². The van der Waals surface area contributed by atoms with E-state index >= 15 is 0 Å². The van der Waals surface area contributed by atoms with Crippen molar-refractivity contribution in [3.8, 4) is 0 Å². The molecule has 3 rings (SSSR count). The first kappa shape index (κ1) is 14.7. The van der Waals surface area contributed by atoms with E-state index in [1.165, 1.54) is 37.8 Å². The standard InChI is InChI=1S/C15H21BrN2OS/c1-2-19-15(8-4-3-5-9-15)14-17-12(10-6-7-10)11(16)13(20)18-14/h10H,2-9H2,1H3,(H,17,18,20). The fraction of sp³-hybridized carbons (Fsp3) is 0.733. The summed E-state index contributed by atoms with van der Waals surface area (Å²) in [5.41, 5.74) is 0.981. The second kappa shape index (κ2) is 5.85. The second-order valence-corrected chi connectivity index (χ2v) is 7.06. The van der Waals surface area contributed by atoms with E-state index in [2.05, 4.69) is 32.8 Å². The van der Waals surface area contributed by atoms with E-state index in [0.717, 1.165) is 29.7 Å². The lowest BCUT2D eigenvalue weighted by Crippen LogP contribution is -2.35. The van der Waals surface area contributed by atoms with Crippen molar-refractivity contribution in [2.24, 2.45) is 0 Å². The van der Waals surface area contributed by atoms with Gasteiger partial charge in [0.1, 0.15) is 16.1 Å². The number of halogens is 1. The van der Waals surface area contributed by atoms with Crippen LogP contribution in [-0.4, -0.2) is 16.6 Å². The molecule has 2 fully saturated rings. The van der Waals surface area contributed by atoms with Crippen molar-refractivity contribution in [1.82, 2.24) is 9.97 Å². The van der Waals surface area contributed by atoms with E-state index in [1.54, 1.807) is 0 Å². The molecule has 1 N–H and O–H groups in total. The Kier molecular flexibility index (Phi) is 4.29. The summed E-state index contributed by atoms with van der Waals surface area (Å²) in [6, 6.07) is 0. The van der Waals surface area contributed by atoms with Crippen LogP contribution < -0.4 is 0 Å². The van der Waals surface area contributed by atoms with Gasteiger partial charge in [-0.2, -0.15) is 0 Å². The van der Waals surface area contributed by atoms with Gasteiger partial charge in [0.05, 0.1) is 4.47 Å². The van der Waals surface area contributed by atoms with E-state index < -0.39 is 0 Å². The maximum atomic E-state index is 6.15. The van der Waals surface area contributed by atoms with E-state index in [0.29, 0.717) is 10.6 Å². The van der Waals surface area contributed by atoms with Crippen LogP contribution in [0.1, 0.15) is 69.3 Å². The highest BCUT2D eigenvalue weighted by atomic mass is 79.9. The molecule has 5 heteroatoms. The summed E-state index contributed by atoms with van der Waals surface area (Å²) in [5, 5.41) is 0. The molecule has 2 aliphatic rings. The van der Waals surface area contributed by atoms with Gasteiger partial charge in [-0.3, -0.25) is 0 Å². The summed E-state index contributed by atoms with van der Waals surface area (Å²) in [7, 11) is 0. The summed E-state index contributed by atoms with van der Waals surface area (Å²) in [6.45, 7) is 2.78. The number of nitrogens with one attached hydrogen (secondary N) is 1. The molecule has 3 nitrogen and oxygen atoms in total. The van der Waals surface area contributed by atoms with Crippen molar-refractivity contribution in [2.75, 3.05) is 6.61 Å². The van der Waals surface area contributed by atoms with Gasteiger partial charge in [0.2, 0.25) is 0 Å². The SMILES string of the molecule is CCOC1(c2nc(=S)c(Br)c(C3CC3)[nH]2)CCCCC1. The molecule has 0 amide bonds. The number of ether oxygens (including phenoxy) is 1. The molecule has 0 saturated heterocycles. The monoisotopic (exact) mass is 356 g/mol. The van der Waals surface area contributed by atoms with Crippen molar-refractivity contribution >= 4 is 28.1 Å². The summed E-state index contributed by atoms with van der Waals surface area (Å²) in [6.07, 6.45) is 8.29. The highest BCUT2D eigenvalue weighted by Crippen LogP contribution is 2.44. The first-order chi connectivity index (χ1) is 9.66. The average molecular weight is 357 g/mol. The third-order valence-electron chi connectivity index (χ3n) is 4.39. The molecule has 1 aromatic heterocycles. The van der Waals surface area contributed by atoms with Crippen molar-refractivity contribution in [3.05, 3.63) is 20.6 Å². The third-order valence-corrected chi connectivity index (χ3v) is 5.75. The number of nitrogens with zero attached hydrogens (tertiary/aromatic N) is 1. The molecule has 20 heavy (non-hydrogen) atoms. The summed E-state index contributed by atoms with van der Waals surface area (Å²) < 4.78 is 7.80. The van der Waals surface area contributed by atoms with Crippen LogP contribution in [0.15, 0.2) is 4.47 Å². The highest BCUT2D eigenvalue weighted by Gasteiger charge is 2.38. The van der Waals surface area contributed by atoms with Crippen LogP contribution in [0.3, 0.4) is 0 Å². The minimum absolute atomic E-state index is 0.245. The van der Waals surface area contributed by atoms with Crippen LogP contribution in [0.2, 0.25) is 0 Å². The first-order valence-corrected chi connectivity index (χ1v) is 8.80. The molecule has 2 aliphatic carbocycles. The fourth-order valence-electron chi connectivity index (χ4n) is 3.19. The molecule has 0 atom stereocenters. The number of H-pyrrole nitrogens is 1. The smallest absolute Gasteiger partial charge is 0.144 e. The molecule has 1 aromatic rings. The zero-order chi connectivity index (χ0) is 14.2. The fourth-order valence-corrected chi connectivity index (χ4v) is 3.91. The van der Waals surface area contributed by atoms with Gasteiger partial charge in [-0.25, -0.2) is 4.98 Å². The molecule has 0 radical (unpaired) electrons. The lowest BCUT2D eigenvalue weighted by Gasteiger charge is -2.36. The molecule has 0 bridgehead atoms. The quantitative estimate of drug-likeness (QED) is 0.773. The topological polar surface area (TPSA) is 37.9 Å². The maximum Gasteiger partial charge on any atom is 0.144 e. The molecule has 0 unspecified atom stereocenters. The molecule has 0 spiro atoms. The zero-order valence-electron chi connectivity index (χ0n) is 11.9. The van der Waals surface area contributed by atoms with Crippen LogP contribution in [0.25, 0.3) is 0 Å². The number of hydrogen-bond donors (Lipinski definition) is 1. The largest absolute Gasteiger partial charge is 0.367 e. The number of aromatic nitrogens is 2. The molecule has 1 heterocycles. The Morgan fingerprint density at radius 1 is 1.35 bits per heavy atom. The van der Waals surface area contributed by atoms with Crippen LogP contribution in [0.4, 0.5) is 0 Å². The average Bonchev–Trinajstić information content (AvgIpc) is 3.27. The van der Waals surface area contributed by atoms with Crippen LogP contribution in [0, 0.1) is 4.64 Å². The summed E-state index contributed by atoms with van der Waals surface area (Å²) in [5.74, 6) is 1.57. The second-order valence-electron chi connectivity index (χ2n) is 5.88. The Balaban J connectivity index is 2.04. The van der Waals surface area contributed by atoms with Crippen molar-refractivity contribution < 1.29 is 4.74 Å². The van der Waals surface area contributed by atoms with Gasteiger partial charge in [0.25, 0.3) is 0 Å². The van der Waals surface area contributed by atoms with Crippen molar-refractivity contribution in [3.63, 3.8) is 0 Å². The van der Waals surface area contributed by atoms with E-state index in [9.17, 15) is 0 Å². The van der Waals surface area contributed by atoms with E-state index in [1.807, 2.05) is 0 Å². The van der Waals surface area contributed by atoms with Crippen molar-refractivity contribution in [1.29, 1.82) is 0 Å². The van der Waals surface area contributed by atoms with Gasteiger partial charge >= 0.3 is 0 Å². The lowest BCUT2D eigenvalue weighted by atomic mass is 9.83. The molecular weight excluding hydrogens is 336 g/mol. The van der Waals surface area contributed by atoms with Crippen molar-refractivity contribution in [2.45, 2.75) is 63.4 Å². The Hall–Kier alpha value is -0.260. The highest BCUT2D eigenvalue weighted by molar-refractivity contribution is 9.10. The van der Waals surface area contributed by atoms with Gasteiger partial charge in [0.15, 0.2) is 0 Å². The van der Waals surface area contributed by atoms with E-state index in [4.69, 9.17) is 17.0 Å². The van der Waals surface area contributed by atoms with Gasteiger partial charge in [-0.05, 0) is 48.5 Å². The number of hydrogen-bond acceptors (Lipinski definition) is 3. The maximum absolute atomic E-state index is 6.15. The Bertz CT molecular complexity index is 542. The third kappa shape index (κ3) is 2.72. The summed E-state index contributed by atoms with van der Waals surface area (Å²) in [4.78, 5) is 8.21. The predicted molar refractivity (Wildman–Crippen MR) is 85.5 cm³/mol. The molecule has 2 saturated carbocycles. The van der Waals surface area contributed by atoms with Crippen LogP contribution in [-0.2, 0) is 10.3 Å². The normalized spacial score (nSPS) is 21.9. The predicted octanol–water partition coefficient (Wildman–Crippen LogP) is 4.97. The molecular formula is C15H21BrN2OS. The lowest BCUT2D eigenvalue weighted by molar-refractivity contribution is -0.0769. The number of rotatable bonds is 4. The van der Waals surface area contributed by atoms with E-state index in [-0.39, 0.29) is 5.60 Å². The summed E-state index contributed by atoms with van der Waals surface area (Å²) >= 11 is 9.04. The molecule has 110 valence electrons. The zero-order valence-corrected chi connectivity index (χ0v) is 14.3. The van der Waals surface area contributed by atoms with Gasteiger partial charge in [-0.15, -0.1) is 0 Å². The Morgan fingerprint density at radius 2 is 2.05 bits per heavy atom. The van der Waals surface area contributed by atoms with Gasteiger partial charge in [-0.1, -0.05) is 31.5 Å². The minimum Gasteiger partial charge on any atom is -0.367 e. The molecule has 0 aromatic carbocycles. The number of aromatic amines is 1. The minimum atomic E-state index is -0.245. The molecule has 0 aliphatic heterocycles. The van der Waals surface area contributed by atoms with Gasteiger partial charge < -0.3 is 9.72 Å². The van der Waals surface area contributed by atoms with Gasteiger partial charge in [0, 0.05) is 18.2 Å². The first-order valence-electron chi connectivity index (χ1n) is 7.60. The Morgan fingerprint density at radius 3 is 2.65 bits per heavy atom.